The van der Waals surface area contributed by atoms with Gasteiger partial charge in [0.2, 0.25) is 0 Å². The van der Waals surface area contributed by atoms with Crippen LogP contribution in [-0.4, -0.2) is 32.7 Å². The van der Waals surface area contributed by atoms with Crippen molar-refractivity contribution in [3.63, 3.8) is 0 Å². The average Bonchev–Trinajstić information content (AvgIpc) is 2.76. The summed E-state index contributed by atoms with van der Waals surface area (Å²) in [6.45, 7) is 4.25. The van der Waals surface area contributed by atoms with Crippen LogP contribution in [0.15, 0.2) is 71.6 Å². The second-order valence-corrected chi connectivity index (χ2v) is 9.25. The highest BCUT2D eigenvalue weighted by molar-refractivity contribution is 7.92. The number of rotatable bonds is 11. The van der Waals surface area contributed by atoms with E-state index in [2.05, 4.69) is 4.72 Å². The third-order valence-corrected chi connectivity index (χ3v) is 6.46. The maximum atomic E-state index is 12.7. The van der Waals surface area contributed by atoms with E-state index in [-0.39, 0.29) is 24.5 Å². The van der Waals surface area contributed by atoms with Gasteiger partial charge in [-0.05, 0) is 67.8 Å². The first-order valence-electron chi connectivity index (χ1n) is 10.5. The van der Waals surface area contributed by atoms with Crippen molar-refractivity contribution in [3.05, 3.63) is 83.4 Å². The largest absolute Gasteiger partial charge is 0.490 e. The Morgan fingerprint density at radius 1 is 0.939 bits per heavy atom. The van der Waals surface area contributed by atoms with Crippen LogP contribution in [-0.2, 0) is 21.2 Å². The Morgan fingerprint density at radius 2 is 1.64 bits per heavy atom. The van der Waals surface area contributed by atoms with E-state index >= 15 is 0 Å². The second-order valence-electron chi connectivity index (χ2n) is 7.60. The van der Waals surface area contributed by atoms with Crippen molar-refractivity contribution >= 4 is 21.7 Å². The number of aryl methyl sites for hydroxylation is 3. The van der Waals surface area contributed by atoms with Crippen LogP contribution < -0.4 is 14.2 Å². The summed E-state index contributed by atoms with van der Waals surface area (Å²) in [7, 11) is -3.69. The zero-order valence-electron chi connectivity index (χ0n) is 18.6. The first-order valence-corrected chi connectivity index (χ1v) is 12.0. The summed E-state index contributed by atoms with van der Waals surface area (Å²) in [6.07, 6.45) is 0.433. The van der Waals surface area contributed by atoms with E-state index in [0.717, 1.165) is 11.1 Å². The van der Waals surface area contributed by atoms with Crippen molar-refractivity contribution < 1.29 is 27.8 Å². The summed E-state index contributed by atoms with van der Waals surface area (Å²) in [5.41, 5.74) is 2.96. The number of anilines is 1. The maximum absolute atomic E-state index is 12.7. The predicted molar refractivity (Wildman–Crippen MR) is 127 cm³/mol. The van der Waals surface area contributed by atoms with Crippen LogP contribution in [0.3, 0.4) is 0 Å². The zero-order chi connectivity index (χ0) is 23.8. The lowest BCUT2D eigenvalue weighted by molar-refractivity contribution is -0.136. The van der Waals surface area contributed by atoms with Crippen LogP contribution in [0.5, 0.6) is 11.5 Å². The van der Waals surface area contributed by atoms with E-state index in [0.29, 0.717) is 29.2 Å². The Balaban J connectivity index is 1.52. The van der Waals surface area contributed by atoms with Crippen LogP contribution in [0.1, 0.15) is 23.1 Å². The molecule has 0 saturated heterocycles. The van der Waals surface area contributed by atoms with E-state index < -0.39 is 16.0 Å². The van der Waals surface area contributed by atoms with Crippen molar-refractivity contribution in [1.29, 1.82) is 0 Å². The smallest absolute Gasteiger partial charge is 0.303 e. The number of nitrogens with one attached hydrogen (secondary N) is 1. The molecule has 33 heavy (non-hydrogen) atoms. The van der Waals surface area contributed by atoms with Gasteiger partial charge in [0, 0.05) is 12.1 Å². The molecule has 0 bridgehead atoms. The van der Waals surface area contributed by atoms with Crippen LogP contribution in [0.4, 0.5) is 5.69 Å². The third kappa shape index (κ3) is 6.98. The van der Waals surface area contributed by atoms with Gasteiger partial charge in [0.1, 0.15) is 24.7 Å². The number of aliphatic carboxylic acids is 1. The molecule has 0 aliphatic carbocycles. The van der Waals surface area contributed by atoms with Crippen LogP contribution in [0, 0.1) is 13.8 Å². The van der Waals surface area contributed by atoms with Crippen molar-refractivity contribution in [2.24, 2.45) is 0 Å². The highest BCUT2D eigenvalue weighted by Crippen LogP contribution is 2.23. The van der Waals surface area contributed by atoms with Crippen molar-refractivity contribution in [2.75, 3.05) is 17.9 Å². The Kier molecular flexibility index (Phi) is 7.95. The maximum Gasteiger partial charge on any atom is 0.303 e. The summed E-state index contributed by atoms with van der Waals surface area (Å²) in [5, 5.41) is 8.87. The molecule has 0 amide bonds. The molecule has 3 aromatic carbocycles. The molecule has 0 fully saturated rings. The molecule has 7 nitrogen and oxygen atoms in total. The Labute approximate surface area is 194 Å². The Bertz CT molecular complexity index is 1210. The van der Waals surface area contributed by atoms with Gasteiger partial charge in [-0.15, -0.1) is 0 Å². The minimum Gasteiger partial charge on any atom is -0.490 e. The minimum absolute atomic E-state index is 0.0382. The fraction of sp³-hybridized carbons (Fsp3) is 0.240. The van der Waals surface area contributed by atoms with Gasteiger partial charge in [-0.1, -0.05) is 35.9 Å². The number of para-hydroxylation sites is 1. The van der Waals surface area contributed by atoms with Crippen LogP contribution in [0.2, 0.25) is 0 Å². The lowest BCUT2D eigenvalue weighted by Gasteiger charge is -2.13. The average molecular weight is 470 g/mol. The van der Waals surface area contributed by atoms with Gasteiger partial charge >= 0.3 is 5.97 Å². The highest BCUT2D eigenvalue weighted by Gasteiger charge is 2.17. The molecule has 3 rings (SSSR count). The fourth-order valence-corrected chi connectivity index (χ4v) is 4.62. The van der Waals surface area contributed by atoms with Crippen LogP contribution >= 0.6 is 0 Å². The summed E-state index contributed by atoms with van der Waals surface area (Å²) in [5.74, 6) is 0.360. The van der Waals surface area contributed by atoms with Gasteiger partial charge in [0.25, 0.3) is 10.0 Å². The first kappa shape index (κ1) is 24.1. The lowest BCUT2D eigenvalue weighted by atomic mass is 10.1. The number of sulfonamides is 1. The van der Waals surface area contributed by atoms with Gasteiger partial charge in [0.15, 0.2) is 0 Å². The molecule has 174 valence electrons. The molecular formula is C25H27NO6S. The first-order chi connectivity index (χ1) is 15.7. The van der Waals surface area contributed by atoms with E-state index in [1.165, 1.54) is 0 Å². The molecular weight excluding hydrogens is 442 g/mol. The summed E-state index contributed by atoms with van der Waals surface area (Å²) >= 11 is 0. The molecule has 0 unspecified atom stereocenters. The predicted octanol–water partition coefficient (Wildman–Crippen LogP) is 4.58. The standard InChI is InChI=1S/C25H27NO6S/c1-18-7-13-24(19(2)17-18)33(29,30)26-21-9-11-22(12-10-21)31-15-16-32-23-6-4-3-5-20(23)8-14-25(27)28/h3-7,9-13,17,26H,8,14-16H2,1-2H3,(H,27,28). The topological polar surface area (TPSA) is 102 Å². The number of ether oxygens (including phenoxy) is 2. The molecule has 3 aromatic rings. The molecule has 2 N–H and O–H groups in total. The van der Waals surface area contributed by atoms with Gasteiger partial charge < -0.3 is 14.6 Å². The molecule has 0 spiro atoms. The van der Waals surface area contributed by atoms with Gasteiger partial charge in [-0.3, -0.25) is 9.52 Å². The Morgan fingerprint density at radius 3 is 2.33 bits per heavy atom. The molecule has 8 heteroatoms. The molecule has 0 atom stereocenters. The molecule has 0 aliphatic heterocycles. The number of carbonyl (C=O) groups is 1. The monoisotopic (exact) mass is 469 g/mol. The van der Waals surface area contributed by atoms with E-state index in [9.17, 15) is 13.2 Å². The molecule has 0 saturated carbocycles. The number of hydrogen-bond donors (Lipinski definition) is 2. The highest BCUT2D eigenvalue weighted by atomic mass is 32.2. The number of carboxylic acid groups (broad SMARTS) is 1. The minimum atomic E-state index is -3.69. The summed E-state index contributed by atoms with van der Waals surface area (Å²) < 4.78 is 39.4. The number of carboxylic acids is 1. The molecule has 0 radical (unpaired) electrons. The quantitative estimate of drug-likeness (QED) is 0.399. The van der Waals surface area contributed by atoms with Crippen LogP contribution in [0.25, 0.3) is 0 Å². The summed E-state index contributed by atoms with van der Waals surface area (Å²) in [4.78, 5) is 11.0. The van der Waals surface area contributed by atoms with Crippen molar-refractivity contribution in [3.8, 4) is 11.5 Å². The van der Waals surface area contributed by atoms with E-state index in [1.54, 1.807) is 49.4 Å². The van der Waals surface area contributed by atoms with E-state index in [4.69, 9.17) is 14.6 Å². The lowest BCUT2D eigenvalue weighted by Crippen LogP contribution is -2.14. The molecule has 0 aliphatic rings. The van der Waals surface area contributed by atoms with Gasteiger partial charge in [-0.2, -0.15) is 0 Å². The van der Waals surface area contributed by atoms with Crippen molar-refractivity contribution in [1.82, 2.24) is 0 Å². The third-order valence-electron chi connectivity index (χ3n) is 4.92. The van der Waals surface area contributed by atoms with Gasteiger partial charge in [0.05, 0.1) is 4.90 Å². The Hall–Kier alpha value is -3.52. The second kappa shape index (κ2) is 10.9. The number of hydrogen-bond acceptors (Lipinski definition) is 5. The fourth-order valence-electron chi connectivity index (χ4n) is 3.33. The van der Waals surface area contributed by atoms with E-state index in [1.807, 2.05) is 31.2 Å². The zero-order valence-corrected chi connectivity index (χ0v) is 19.4. The van der Waals surface area contributed by atoms with Crippen molar-refractivity contribution in [2.45, 2.75) is 31.6 Å². The summed E-state index contributed by atoms with van der Waals surface area (Å²) in [6, 6.07) is 19.2. The molecule has 0 aromatic heterocycles. The molecule has 0 heterocycles. The number of benzene rings is 3. The normalized spacial score (nSPS) is 11.1. The SMILES string of the molecule is Cc1ccc(S(=O)(=O)Nc2ccc(OCCOc3ccccc3CCC(=O)O)cc2)c(C)c1. The van der Waals surface area contributed by atoms with Gasteiger partial charge in [-0.25, -0.2) is 8.42 Å².